The number of carboxylic acid groups (broad SMARTS) is 2. The Morgan fingerprint density at radius 1 is 1.06 bits per heavy atom. The quantitative estimate of drug-likeness (QED) is 0.483. The Morgan fingerprint density at radius 3 is 2.14 bits per heavy atom. The van der Waals surface area contributed by atoms with E-state index in [1.54, 1.807) is 0 Å². The molecule has 2 aromatic heterocycles. The van der Waals surface area contributed by atoms with Gasteiger partial charge in [0.15, 0.2) is 5.82 Å². The molecular formula is C26H40N4O5. The zero-order chi connectivity index (χ0) is 26.3. The van der Waals surface area contributed by atoms with Crippen LogP contribution in [-0.4, -0.2) is 48.6 Å². The first kappa shape index (κ1) is 26.9. The van der Waals surface area contributed by atoms with E-state index in [4.69, 9.17) is 9.97 Å². The maximum Gasteiger partial charge on any atom is 0.422 e. The van der Waals surface area contributed by atoms with Crippen LogP contribution in [0.15, 0.2) is 0 Å². The molecule has 0 aliphatic heterocycles. The third kappa shape index (κ3) is 4.28. The monoisotopic (exact) mass is 488 g/mol. The molecule has 1 aliphatic carbocycles. The van der Waals surface area contributed by atoms with Crippen LogP contribution in [0.1, 0.15) is 91.2 Å². The predicted molar refractivity (Wildman–Crippen MR) is 135 cm³/mol. The molecule has 0 fully saturated rings. The van der Waals surface area contributed by atoms with Crippen molar-refractivity contribution in [2.45, 2.75) is 99.0 Å². The summed E-state index contributed by atoms with van der Waals surface area (Å²) in [4.78, 5) is 34.2. The first-order valence-corrected chi connectivity index (χ1v) is 12.5. The zero-order valence-corrected chi connectivity index (χ0v) is 22.1. The van der Waals surface area contributed by atoms with Gasteiger partial charge in [-0.1, -0.05) is 54.9 Å². The third-order valence-electron chi connectivity index (χ3n) is 7.66. The van der Waals surface area contributed by atoms with Crippen molar-refractivity contribution >= 4 is 29.0 Å². The van der Waals surface area contributed by atoms with E-state index in [1.165, 1.54) is 0 Å². The van der Waals surface area contributed by atoms with Gasteiger partial charge in [-0.05, 0) is 36.5 Å². The molecule has 9 nitrogen and oxygen atoms in total. The predicted octanol–water partition coefficient (Wildman–Crippen LogP) is 5.59. The van der Waals surface area contributed by atoms with Gasteiger partial charge in [-0.2, -0.15) is 4.90 Å². The minimum Gasteiger partial charge on any atom is -0.464 e. The molecule has 0 radical (unpaired) electrons. The van der Waals surface area contributed by atoms with Crippen LogP contribution in [0.3, 0.4) is 0 Å². The Balaban J connectivity index is 2.57. The molecule has 9 heteroatoms. The van der Waals surface area contributed by atoms with E-state index in [9.17, 15) is 24.9 Å². The topological polar surface area (TPSA) is 129 Å². The SMILES string of the molecule is CCCCc1nc2c(N(C(=O)O)C(=O)O)nc3c(c2n1CCO)CCCC3(C(C)(C)C)C(C)(C)C. The van der Waals surface area contributed by atoms with Crippen LogP contribution in [0.5, 0.6) is 0 Å². The zero-order valence-electron chi connectivity index (χ0n) is 22.1. The summed E-state index contributed by atoms with van der Waals surface area (Å²) in [5, 5.41) is 29.6. The van der Waals surface area contributed by atoms with Gasteiger partial charge in [0.25, 0.3) is 0 Å². The third-order valence-corrected chi connectivity index (χ3v) is 7.66. The maximum atomic E-state index is 12.1. The number of pyridine rings is 1. The van der Waals surface area contributed by atoms with Crippen molar-refractivity contribution in [2.75, 3.05) is 11.5 Å². The van der Waals surface area contributed by atoms with Crippen molar-refractivity contribution in [1.29, 1.82) is 0 Å². The summed E-state index contributed by atoms with van der Waals surface area (Å²) in [6.07, 6.45) is 1.72. The van der Waals surface area contributed by atoms with Crippen molar-refractivity contribution in [3.05, 3.63) is 17.1 Å². The number of imide groups is 1. The van der Waals surface area contributed by atoms with Gasteiger partial charge in [0.1, 0.15) is 11.3 Å². The van der Waals surface area contributed by atoms with Crippen molar-refractivity contribution in [3.8, 4) is 0 Å². The molecule has 0 aromatic carbocycles. The van der Waals surface area contributed by atoms with Crippen LogP contribution >= 0.6 is 0 Å². The van der Waals surface area contributed by atoms with E-state index in [2.05, 4.69) is 48.5 Å². The number of nitrogens with zero attached hydrogens (tertiary/aromatic N) is 4. The second-order valence-electron chi connectivity index (χ2n) is 11.6. The van der Waals surface area contributed by atoms with Crippen LogP contribution in [-0.2, 0) is 24.8 Å². The van der Waals surface area contributed by atoms with Crippen LogP contribution in [0.2, 0.25) is 0 Å². The normalized spacial score (nSPS) is 15.8. The van der Waals surface area contributed by atoms with Gasteiger partial charge in [0.2, 0.25) is 0 Å². The number of carbonyl (C=O) groups is 2. The van der Waals surface area contributed by atoms with E-state index < -0.39 is 17.6 Å². The molecule has 2 amide bonds. The van der Waals surface area contributed by atoms with E-state index >= 15 is 0 Å². The van der Waals surface area contributed by atoms with Crippen molar-refractivity contribution < 1.29 is 24.9 Å². The summed E-state index contributed by atoms with van der Waals surface area (Å²) < 4.78 is 1.96. The molecule has 35 heavy (non-hydrogen) atoms. The number of aliphatic hydroxyl groups excluding tert-OH is 1. The molecule has 0 saturated carbocycles. The number of unbranched alkanes of at least 4 members (excludes halogenated alkanes) is 1. The second kappa shape index (κ2) is 9.41. The molecule has 194 valence electrons. The maximum absolute atomic E-state index is 12.1. The lowest BCUT2D eigenvalue weighted by atomic mass is 9.48. The van der Waals surface area contributed by atoms with Crippen LogP contribution in [0.25, 0.3) is 11.0 Å². The fraction of sp³-hybridized carbons (Fsp3) is 0.692. The molecular weight excluding hydrogens is 448 g/mol. The Morgan fingerprint density at radius 2 is 1.66 bits per heavy atom. The highest BCUT2D eigenvalue weighted by atomic mass is 16.4. The van der Waals surface area contributed by atoms with Gasteiger partial charge < -0.3 is 19.9 Å². The van der Waals surface area contributed by atoms with Gasteiger partial charge in [-0.25, -0.2) is 19.6 Å². The van der Waals surface area contributed by atoms with Gasteiger partial charge in [0, 0.05) is 23.9 Å². The summed E-state index contributed by atoms with van der Waals surface area (Å²) >= 11 is 0. The number of fused-ring (bicyclic) bond motifs is 3. The Bertz CT molecular complexity index is 1100. The molecule has 0 spiro atoms. The minimum atomic E-state index is -1.62. The highest BCUT2D eigenvalue weighted by Gasteiger charge is 2.55. The number of rotatable bonds is 6. The van der Waals surface area contributed by atoms with Crippen molar-refractivity contribution in [2.24, 2.45) is 10.8 Å². The van der Waals surface area contributed by atoms with E-state index in [0.717, 1.165) is 43.4 Å². The summed E-state index contributed by atoms with van der Waals surface area (Å²) in [6.45, 7) is 15.3. The molecule has 2 heterocycles. The Hall–Kier alpha value is -2.68. The number of anilines is 1. The van der Waals surface area contributed by atoms with Crippen molar-refractivity contribution in [1.82, 2.24) is 14.5 Å². The molecule has 0 atom stereocenters. The molecule has 3 rings (SSSR count). The second-order valence-corrected chi connectivity index (χ2v) is 11.6. The lowest BCUT2D eigenvalue weighted by molar-refractivity contribution is 0.0300. The molecule has 0 saturated heterocycles. The van der Waals surface area contributed by atoms with Gasteiger partial charge in [-0.3, -0.25) is 0 Å². The first-order valence-electron chi connectivity index (χ1n) is 12.5. The summed E-state index contributed by atoms with van der Waals surface area (Å²) in [5.74, 6) is 0.540. The van der Waals surface area contributed by atoms with Gasteiger partial charge in [0.05, 0.1) is 17.8 Å². The fourth-order valence-electron chi connectivity index (χ4n) is 6.41. The lowest BCUT2D eigenvalue weighted by Crippen LogP contribution is -2.53. The number of hydrogen-bond donors (Lipinski definition) is 3. The Labute approximate surface area is 207 Å². The molecule has 2 aromatic rings. The number of hydrogen-bond acceptors (Lipinski definition) is 5. The number of aromatic nitrogens is 3. The van der Waals surface area contributed by atoms with E-state index in [0.29, 0.717) is 24.3 Å². The fourth-order valence-corrected chi connectivity index (χ4v) is 6.41. The Kier molecular flexibility index (Phi) is 7.24. The van der Waals surface area contributed by atoms with E-state index in [-0.39, 0.29) is 33.7 Å². The summed E-state index contributed by atoms with van der Waals surface area (Å²) in [7, 11) is 0. The summed E-state index contributed by atoms with van der Waals surface area (Å²) in [6, 6.07) is 0. The lowest BCUT2D eigenvalue weighted by Gasteiger charge is -2.56. The van der Waals surface area contributed by atoms with Gasteiger partial charge >= 0.3 is 12.2 Å². The largest absolute Gasteiger partial charge is 0.464 e. The van der Waals surface area contributed by atoms with E-state index in [1.807, 2.05) is 4.57 Å². The number of aryl methyl sites for hydroxylation is 2. The molecule has 3 N–H and O–H groups in total. The smallest absolute Gasteiger partial charge is 0.422 e. The van der Waals surface area contributed by atoms with Gasteiger partial charge in [-0.15, -0.1) is 0 Å². The summed E-state index contributed by atoms with van der Waals surface area (Å²) in [5.41, 5.74) is 1.77. The van der Waals surface area contributed by atoms with Crippen molar-refractivity contribution in [3.63, 3.8) is 0 Å². The van der Waals surface area contributed by atoms with Crippen LogP contribution in [0, 0.1) is 10.8 Å². The number of aliphatic hydroxyl groups is 1. The first-order chi connectivity index (χ1) is 16.2. The highest BCUT2D eigenvalue weighted by Crippen LogP contribution is 2.59. The van der Waals surface area contributed by atoms with Crippen LogP contribution in [0.4, 0.5) is 15.4 Å². The average Bonchev–Trinajstić information content (AvgIpc) is 3.08. The molecule has 0 unspecified atom stereocenters. The molecule has 1 aliphatic rings. The average molecular weight is 489 g/mol. The minimum absolute atomic E-state index is 0.109. The molecule has 0 bridgehead atoms. The number of amides is 2. The number of imidazole rings is 1. The highest BCUT2D eigenvalue weighted by molar-refractivity contribution is 6.12. The van der Waals surface area contributed by atoms with Crippen LogP contribution < -0.4 is 4.90 Å². The standard InChI is InChI=1S/C26H40N4O5/c1-8-9-12-17-27-18-19(29(17)14-15-31)16-11-10-13-26(24(2,3)4,25(5,6)7)20(16)28-21(18)30(22(32)33)23(34)35/h31H,8-15H2,1-7H3,(H,32,33)(H,34,35).